The fourth-order valence-corrected chi connectivity index (χ4v) is 4.03. The highest BCUT2D eigenvalue weighted by Crippen LogP contribution is 2.23. The number of aliphatic hydroxyl groups is 1. The topological polar surface area (TPSA) is 75.6 Å². The molecule has 1 aliphatic rings. The zero-order chi connectivity index (χ0) is 12.7. The first-order chi connectivity index (χ1) is 8.10. The van der Waals surface area contributed by atoms with Crippen LogP contribution in [0.2, 0.25) is 0 Å². The summed E-state index contributed by atoms with van der Waals surface area (Å²) in [5.41, 5.74) is 0. The molecule has 102 valence electrons. The van der Waals surface area contributed by atoms with Gasteiger partial charge < -0.3 is 9.84 Å². The van der Waals surface area contributed by atoms with Crippen LogP contribution >= 0.6 is 0 Å². The van der Waals surface area contributed by atoms with Crippen molar-refractivity contribution < 1.29 is 18.3 Å². The van der Waals surface area contributed by atoms with E-state index in [2.05, 4.69) is 4.72 Å². The predicted octanol–water partition coefficient (Wildman–Crippen LogP) is 0.636. The van der Waals surface area contributed by atoms with Crippen molar-refractivity contribution in [3.63, 3.8) is 0 Å². The van der Waals surface area contributed by atoms with Crippen LogP contribution in [-0.2, 0) is 14.8 Å². The minimum absolute atomic E-state index is 0.0405. The van der Waals surface area contributed by atoms with Gasteiger partial charge in [0.1, 0.15) is 0 Å². The van der Waals surface area contributed by atoms with Crippen molar-refractivity contribution in [2.24, 2.45) is 0 Å². The van der Waals surface area contributed by atoms with E-state index in [4.69, 9.17) is 9.84 Å². The summed E-state index contributed by atoms with van der Waals surface area (Å²) in [6, 6.07) is -0.322. The van der Waals surface area contributed by atoms with Crippen molar-refractivity contribution in [2.45, 2.75) is 49.8 Å². The number of aliphatic hydroxyl groups excluding tert-OH is 1. The first-order valence-corrected chi connectivity index (χ1v) is 7.75. The van der Waals surface area contributed by atoms with E-state index in [1.165, 1.54) is 7.11 Å². The lowest BCUT2D eigenvalue weighted by atomic mass is 10.0. The summed E-state index contributed by atoms with van der Waals surface area (Å²) in [5.74, 6) is 0. The van der Waals surface area contributed by atoms with Gasteiger partial charge in [-0.2, -0.15) is 0 Å². The molecule has 0 spiro atoms. The van der Waals surface area contributed by atoms with Gasteiger partial charge >= 0.3 is 0 Å². The van der Waals surface area contributed by atoms with Gasteiger partial charge in [-0.25, -0.2) is 13.1 Å². The van der Waals surface area contributed by atoms with Gasteiger partial charge in [0.2, 0.25) is 10.0 Å². The van der Waals surface area contributed by atoms with Crippen LogP contribution in [0.1, 0.15) is 38.5 Å². The normalized spacial score (nSPS) is 20.4. The largest absolute Gasteiger partial charge is 0.396 e. The number of sulfonamides is 1. The predicted molar refractivity (Wildman–Crippen MR) is 66.3 cm³/mol. The number of ether oxygens (including phenoxy) is 1. The van der Waals surface area contributed by atoms with Crippen molar-refractivity contribution in [1.82, 2.24) is 4.72 Å². The van der Waals surface area contributed by atoms with Crippen molar-refractivity contribution in [3.05, 3.63) is 0 Å². The van der Waals surface area contributed by atoms with E-state index in [1.807, 2.05) is 0 Å². The molecule has 6 heteroatoms. The molecule has 0 aromatic rings. The van der Waals surface area contributed by atoms with Crippen molar-refractivity contribution >= 4 is 10.0 Å². The molecule has 0 amide bonds. The molecule has 5 nitrogen and oxygen atoms in total. The van der Waals surface area contributed by atoms with Crippen LogP contribution in [0.15, 0.2) is 0 Å². The van der Waals surface area contributed by atoms with Crippen LogP contribution in [-0.4, -0.2) is 45.1 Å². The van der Waals surface area contributed by atoms with Crippen LogP contribution in [0.25, 0.3) is 0 Å². The lowest BCUT2D eigenvalue weighted by molar-refractivity contribution is 0.157. The van der Waals surface area contributed by atoms with Gasteiger partial charge in [0.25, 0.3) is 0 Å². The third kappa shape index (κ3) is 4.91. The zero-order valence-corrected chi connectivity index (χ0v) is 11.2. The van der Waals surface area contributed by atoms with Gasteiger partial charge in [0, 0.05) is 19.8 Å². The fourth-order valence-electron chi connectivity index (χ4n) is 2.24. The molecule has 1 saturated carbocycles. The second-order valence-electron chi connectivity index (χ2n) is 4.59. The standard InChI is InChI=1S/C11H23NO4S/c1-16-9-10(7-8-13)12-17(14,15)11-5-3-2-4-6-11/h10-13H,2-9H2,1H3. The molecule has 0 aromatic heterocycles. The first-order valence-electron chi connectivity index (χ1n) is 6.21. The number of nitrogens with one attached hydrogen (secondary N) is 1. The van der Waals surface area contributed by atoms with Gasteiger partial charge in [0.15, 0.2) is 0 Å². The fraction of sp³-hybridized carbons (Fsp3) is 1.00. The number of methoxy groups -OCH3 is 1. The molecule has 1 rings (SSSR count). The minimum Gasteiger partial charge on any atom is -0.396 e. The quantitative estimate of drug-likeness (QED) is 0.708. The third-order valence-corrected chi connectivity index (χ3v) is 5.18. The van der Waals surface area contributed by atoms with Crippen LogP contribution in [0.5, 0.6) is 0 Å². The molecular formula is C11H23NO4S. The van der Waals surface area contributed by atoms with Crippen molar-refractivity contribution in [3.8, 4) is 0 Å². The summed E-state index contributed by atoms with van der Waals surface area (Å²) in [6.07, 6.45) is 4.98. The van der Waals surface area contributed by atoms with E-state index >= 15 is 0 Å². The van der Waals surface area contributed by atoms with Gasteiger partial charge in [0.05, 0.1) is 11.9 Å². The van der Waals surface area contributed by atoms with Crippen LogP contribution in [0, 0.1) is 0 Å². The first kappa shape index (κ1) is 14.9. The summed E-state index contributed by atoms with van der Waals surface area (Å²) in [4.78, 5) is 0. The Labute approximate surface area is 104 Å². The summed E-state index contributed by atoms with van der Waals surface area (Å²) >= 11 is 0. The molecule has 1 unspecified atom stereocenters. The van der Waals surface area contributed by atoms with Crippen LogP contribution in [0.3, 0.4) is 0 Å². The molecule has 0 radical (unpaired) electrons. The smallest absolute Gasteiger partial charge is 0.214 e. The Morgan fingerprint density at radius 3 is 2.53 bits per heavy atom. The highest BCUT2D eigenvalue weighted by atomic mass is 32.2. The second-order valence-corrected chi connectivity index (χ2v) is 6.58. The van der Waals surface area contributed by atoms with Gasteiger partial charge in [-0.05, 0) is 19.3 Å². The summed E-state index contributed by atoms with van der Waals surface area (Å²) in [6.45, 7) is 0.258. The SMILES string of the molecule is COCC(CCO)NS(=O)(=O)C1CCCCC1. The van der Waals surface area contributed by atoms with Crippen molar-refractivity contribution in [2.75, 3.05) is 20.3 Å². The monoisotopic (exact) mass is 265 g/mol. The molecular weight excluding hydrogens is 242 g/mol. The molecule has 17 heavy (non-hydrogen) atoms. The third-order valence-electron chi connectivity index (χ3n) is 3.17. The Balaban J connectivity index is 2.55. The summed E-state index contributed by atoms with van der Waals surface area (Å²) in [5, 5.41) is 8.61. The van der Waals surface area contributed by atoms with E-state index in [1.54, 1.807) is 0 Å². The molecule has 0 aromatic carbocycles. The van der Waals surface area contributed by atoms with E-state index in [0.717, 1.165) is 32.1 Å². The average molecular weight is 265 g/mol. The average Bonchev–Trinajstić information content (AvgIpc) is 2.30. The Hall–Kier alpha value is -0.170. The highest BCUT2D eigenvalue weighted by molar-refractivity contribution is 7.90. The maximum absolute atomic E-state index is 12.1. The number of rotatable bonds is 7. The molecule has 1 aliphatic carbocycles. The molecule has 0 saturated heterocycles. The van der Waals surface area contributed by atoms with E-state index in [9.17, 15) is 8.42 Å². The Bertz CT molecular complexity index is 293. The summed E-state index contributed by atoms with van der Waals surface area (Å²) < 4.78 is 31.8. The number of hydrogen-bond acceptors (Lipinski definition) is 4. The van der Waals surface area contributed by atoms with Crippen LogP contribution in [0.4, 0.5) is 0 Å². The van der Waals surface area contributed by atoms with E-state index < -0.39 is 10.0 Å². The van der Waals surface area contributed by atoms with Gasteiger partial charge in [-0.3, -0.25) is 0 Å². The highest BCUT2D eigenvalue weighted by Gasteiger charge is 2.29. The van der Waals surface area contributed by atoms with Gasteiger partial charge in [-0.15, -0.1) is 0 Å². The van der Waals surface area contributed by atoms with E-state index in [0.29, 0.717) is 13.0 Å². The molecule has 0 aliphatic heterocycles. The molecule has 1 fully saturated rings. The van der Waals surface area contributed by atoms with Gasteiger partial charge in [-0.1, -0.05) is 19.3 Å². The van der Waals surface area contributed by atoms with Crippen LogP contribution < -0.4 is 4.72 Å². The maximum Gasteiger partial charge on any atom is 0.214 e. The van der Waals surface area contributed by atoms with E-state index in [-0.39, 0.29) is 17.9 Å². The Morgan fingerprint density at radius 2 is 2.00 bits per heavy atom. The Morgan fingerprint density at radius 1 is 1.35 bits per heavy atom. The Kier molecular flexibility index (Phi) is 6.40. The molecule has 1 atom stereocenters. The number of hydrogen-bond donors (Lipinski definition) is 2. The molecule has 0 bridgehead atoms. The minimum atomic E-state index is -3.27. The maximum atomic E-state index is 12.1. The second kappa shape index (κ2) is 7.31. The lowest BCUT2D eigenvalue weighted by Crippen LogP contribution is -2.44. The zero-order valence-electron chi connectivity index (χ0n) is 10.4. The lowest BCUT2D eigenvalue weighted by Gasteiger charge is -2.25. The molecule has 0 heterocycles. The summed E-state index contributed by atoms with van der Waals surface area (Å²) in [7, 11) is -1.74. The van der Waals surface area contributed by atoms with Crippen molar-refractivity contribution in [1.29, 1.82) is 0 Å². The molecule has 2 N–H and O–H groups in total.